The van der Waals surface area contributed by atoms with E-state index in [1.54, 1.807) is 0 Å². The molecule has 0 heterocycles. The van der Waals surface area contributed by atoms with Crippen LogP contribution in [0.3, 0.4) is 0 Å². The molecule has 2 aromatic carbocycles. The Kier molecular flexibility index (Phi) is 4.32. The number of nitrogens with one attached hydrogen (secondary N) is 1. The monoisotopic (exact) mass is 348 g/mol. The number of hydrogen-bond donors (Lipinski definition) is 2. The van der Waals surface area contributed by atoms with Gasteiger partial charge in [0, 0.05) is 21.3 Å². The molecule has 2 aromatic rings. The van der Waals surface area contributed by atoms with E-state index in [1.807, 2.05) is 0 Å². The van der Waals surface area contributed by atoms with Crippen molar-refractivity contribution in [3.05, 3.63) is 51.8 Å². The largest absolute Gasteiger partial charge is 0.398 e. The summed E-state index contributed by atoms with van der Waals surface area (Å²) in [5, 5.41) is 0.546. The molecule has 3 N–H and O–H groups in total. The van der Waals surface area contributed by atoms with Gasteiger partial charge in [-0.3, -0.25) is 4.72 Å². The van der Waals surface area contributed by atoms with E-state index in [9.17, 15) is 12.8 Å². The lowest BCUT2D eigenvalue weighted by atomic mass is 10.2. The van der Waals surface area contributed by atoms with Crippen molar-refractivity contribution in [3.63, 3.8) is 0 Å². The predicted molar refractivity (Wildman–Crippen MR) is 82.8 cm³/mol. The Morgan fingerprint density at radius 2 is 1.67 bits per heavy atom. The number of sulfonamides is 1. The molecule has 4 nitrogen and oxygen atoms in total. The third-order valence-electron chi connectivity index (χ3n) is 2.78. The normalized spacial score (nSPS) is 11.4. The fourth-order valence-electron chi connectivity index (χ4n) is 1.66. The van der Waals surface area contributed by atoms with E-state index in [1.165, 1.54) is 31.2 Å². The molecule has 0 saturated carbocycles. The van der Waals surface area contributed by atoms with Crippen LogP contribution in [-0.4, -0.2) is 8.42 Å². The minimum absolute atomic E-state index is 0.0551. The second kappa shape index (κ2) is 5.71. The molecule has 0 aliphatic rings. The highest BCUT2D eigenvalue weighted by Crippen LogP contribution is 2.26. The summed E-state index contributed by atoms with van der Waals surface area (Å²) < 4.78 is 40.3. The minimum atomic E-state index is -4.00. The zero-order valence-corrected chi connectivity index (χ0v) is 13.2. The lowest BCUT2D eigenvalue weighted by Crippen LogP contribution is -2.14. The molecule has 0 radical (unpaired) electrons. The highest BCUT2D eigenvalue weighted by Gasteiger charge is 2.18. The molecular formula is C13H11Cl2FN2O2S. The standard InChI is InChI=1S/C13H11Cl2FN2O2S/c1-7-12(16)5-11(6-13(7)17)21(19,20)18-10-3-8(14)2-9(15)4-10/h2-6,18H,17H2,1H3. The van der Waals surface area contributed by atoms with Crippen molar-refractivity contribution < 1.29 is 12.8 Å². The maximum atomic E-state index is 13.6. The molecule has 2 rings (SSSR count). The summed E-state index contributed by atoms with van der Waals surface area (Å²) >= 11 is 11.6. The topological polar surface area (TPSA) is 72.2 Å². The van der Waals surface area contributed by atoms with Gasteiger partial charge in [0.1, 0.15) is 5.82 Å². The Hall–Kier alpha value is -1.50. The van der Waals surface area contributed by atoms with Gasteiger partial charge >= 0.3 is 0 Å². The van der Waals surface area contributed by atoms with Gasteiger partial charge in [-0.15, -0.1) is 0 Å². The first-order valence-electron chi connectivity index (χ1n) is 5.73. The van der Waals surface area contributed by atoms with E-state index in [4.69, 9.17) is 28.9 Å². The molecule has 0 atom stereocenters. The molecule has 21 heavy (non-hydrogen) atoms. The molecule has 0 fully saturated rings. The second-order valence-corrected chi connectivity index (χ2v) is 6.94. The van der Waals surface area contributed by atoms with Crippen molar-refractivity contribution in [1.82, 2.24) is 0 Å². The Bertz CT molecular complexity index is 767. The number of hydrogen-bond acceptors (Lipinski definition) is 3. The Morgan fingerprint density at radius 1 is 1.10 bits per heavy atom. The molecule has 0 spiro atoms. The van der Waals surface area contributed by atoms with E-state index in [-0.39, 0.29) is 31.9 Å². The Labute approximate surface area is 131 Å². The quantitative estimate of drug-likeness (QED) is 0.828. The van der Waals surface area contributed by atoms with Gasteiger partial charge in [0.2, 0.25) is 0 Å². The molecule has 0 aliphatic carbocycles. The first-order valence-corrected chi connectivity index (χ1v) is 7.97. The van der Waals surface area contributed by atoms with Crippen LogP contribution in [0.5, 0.6) is 0 Å². The Balaban J connectivity index is 2.43. The molecule has 0 aliphatic heterocycles. The van der Waals surface area contributed by atoms with Gasteiger partial charge in [0.25, 0.3) is 10.0 Å². The molecule has 8 heteroatoms. The summed E-state index contributed by atoms with van der Waals surface area (Å²) in [5.74, 6) is -0.695. The number of anilines is 2. The molecule has 0 bridgehead atoms. The van der Waals surface area contributed by atoms with Gasteiger partial charge in [0.15, 0.2) is 0 Å². The van der Waals surface area contributed by atoms with Crippen molar-refractivity contribution in [1.29, 1.82) is 0 Å². The lowest BCUT2D eigenvalue weighted by molar-refractivity contribution is 0.593. The van der Waals surface area contributed by atoms with Crippen molar-refractivity contribution >= 4 is 44.6 Å². The van der Waals surface area contributed by atoms with E-state index >= 15 is 0 Å². The molecular weight excluding hydrogens is 338 g/mol. The number of benzene rings is 2. The van der Waals surface area contributed by atoms with E-state index in [2.05, 4.69) is 4.72 Å². The third kappa shape index (κ3) is 3.58. The highest BCUT2D eigenvalue weighted by atomic mass is 35.5. The van der Waals surface area contributed by atoms with Crippen molar-refractivity contribution in [2.45, 2.75) is 11.8 Å². The summed E-state index contributed by atoms with van der Waals surface area (Å²) in [7, 11) is -4.00. The van der Waals surface area contributed by atoms with Crippen LogP contribution < -0.4 is 10.5 Å². The fraction of sp³-hybridized carbons (Fsp3) is 0.0769. The van der Waals surface area contributed by atoms with Crippen molar-refractivity contribution in [3.8, 4) is 0 Å². The van der Waals surface area contributed by atoms with Crippen LogP contribution in [0.1, 0.15) is 5.56 Å². The zero-order valence-electron chi connectivity index (χ0n) is 10.8. The van der Waals surface area contributed by atoms with Crippen LogP contribution >= 0.6 is 23.2 Å². The van der Waals surface area contributed by atoms with Gasteiger partial charge < -0.3 is 5.73 Å². The van der Waals surface area contributed by atoms with E-state index < -0.39 is 15.8 Å². The minimum Gasteiger partial charge on any atom is -0.398 e. The van der Waals surface area contributed by atoms with Crippen LogP contribution in [0.4, 0.5) is 15.8 Å². The summed E-state index contributed by atoms with van der Waals surface area (Å²) in [6, 6.07) is 6.33. The van der Waals surface area contributed by atoms with Crippen LogP contribution in [0.15, 0.2) is 35.2 Å². The second-order valence-electron chi connectivity index (χ2n) is 4.38. The highest BCUT2D eigenvalue weighted by molar-refractivity contribution is 7.92. The Morgan fingerprint density at radius 3 is 2.19 bits per heavy atom. The van der Waals surface area contributed by atoms with Gasteiger partial charge in [-0.05, 0) is 37.3 Å². The van der Waals surface area contributed by atoms with Crippen molar-refractivity contribution in [2.24, 2.45) is 0 Å². The van der Waals surface area contributed by atoms with Crippen LogP contribution in [0, 0.1) is 12.7 Å². The van der Waals surface area contributed by atoms with Gasteiger partial charge in [-0.1, -0.05) is 23.2 Å². The molecule has 0 amide bonds. The van der Waals surface area contributed by atoms with Gasteiger partial charge in [-0.25, -0.2) is 12.8 Å². The number of rotatable bonds is 3. The molecule has 0 saturated heterocycles. The number of halogens is 3. The van der Waals surface area contributed by atoms with Gasteiger partial charge in [-0.2, -0.15) is 0 Å². The van der Waals surface area contributed by atoms with Crippen LogP contribution in [-0.2, 0) is 10.0 Å². The number of nitrogen functional groups attached to an aromatic ring is 1. The summed E-state index contributed by atoms with van der Waals surface area (Å²) in [5.41, 5.74) is 6.01. The van der Waals surface area contributed by atoms with E-state index in [0.717, 1.165) is 6.07 Å². The van der Waals surface area contributed by atoms with Crippen LogP contribution in [0.25, 0.3) is 0 Å². The predicted octanol–water partition coefficient (Wildman–Crippen LogP) is 3.82. The maximum Gasteiger partial charge on any atom is 0.262 e. The zero-order chi connectivity index (χ0) is 15.8. The third-order valence-corrected chi connectivity index (χ3v) is 4.58. The molecule has 0 aromatic heterocycles. The number of nitrogens with two attached hydrogens (primary N) is 1. The molecule has 0 unspecified atom stereocenters. The maximum absolute atomic E-state index is 13.6. The SMILES string of the molecule is Cc1c(N)cc(S(=O)(=O)Nc2cc(Cl)cc(Cl)c2)cc1F. The first-order chi connectivity index (χ1) is 9.69. The smallest absolute Gasteiger partial charge is 0.262 e. The average molecular weight is 349 g/mol. The summed E-state index contributed by atoms with van der Waals surface area (Å²) in [6.07, 6.45) is 0. The van der Waals surface area contributed by atoms with Gasteiger partial charge in [0.05, 0.1) is 10.6 Å². The van der Waals surface area contributed by atoms with Crippen molar-refractivity contribution in [2.75, 3.05) is 10.5 Å². The first kappa shape index (κ1) is 15.9. The lowest BCUT2D eigenvalue weighted by Gasteiger charge is -2.11. The fourth-order valence-corrected chi connectivity index (χ4v) is 3.27. The summed E-state index contributed by atoms with van der Waals surface area (Å²) in [4.78, 5) is -0.279. The summed E-state index contributed by atoms with van der Waals surface area (Å²) in [6.45, 7) is 1.46. The molecule has 112 valence electrons. The van der Waals surface area contributed by atoms with Crippen LogP contribution in [0.2, 0.25) is 10.0 Å². The average Bonchev–Trinajstić information content (AvgIpc) is 2.33. The van der Waals surface area contributed by atoms with E-state index in [0.29, 0.717) is 0 Å².